The average Bonchev–Trinajstić information content (AvgIpc) is 3.22. The van der Waals surface area contributed by atoms with E-state index in [1.807, 2.05) is 12.1 Å². The summed E-state index contributed by atoms with van der Waals surface area (Å²) in [6.07, 6.45) is -2.24. The number of aromatic nitrogens is 3. The number of aliphatic carboxylic acids is 1. The van der Waals surface area contributed by atoms with Gasteiger partial charge in [-0.15, -0.1) is 10.2 Å². The Hall–Kier alpha value is -3.31. The largest absolute Gasteiger partial charge is 0.490 e. The van der Waals surface area contributed by atoms with E-state index < -0.39 is 12.1 Å². The van der Waals surface area contributed by atoms with E-state index in [0.717, 1.165) is 49.7 Å². The SMILES string of the molecule is O=C(O)C(F)(F)F.O=c1c(-c2ccc(F)cc2)nnc2n1CCC21CCN(Cc2ccc(Cl)cc2)CC1. The van der Waals surface area contributed by atoms with Crippen LogP contribution in [-0.4, -0.2) is 50.0 Å². The molecule has 1 spiro atoms. The van der Waals surface area contributed by atoms with Crippen LogP contribution in [-0.2, 0) is 23.3 Å². The molecule has 196 valence electrons. The van der Waals surface area contributed by atoms with Crippen LogP contribution in [0.25, 0.3) is 11.3 Å². The maximum absolute atomic E-state index is 13.2. The van der Waals surface area contributed by atoms with E-state index in [2.05, 4.69) is 27.2 Å². The Labute approximate surface area is 214 Å². The molecule has 0 amide bonds. The van der Waals surface area contributed by atoms with Crippen LogP contribution < -0.4 is 5.56 Å². The molecule has 2 aliphatic rings. The number of hydrogen-bond acceptors (Lipinski definition) is 5. The van der Waals surface area contributed by atoms with Gasteiger partial charge in [0.2, 0.25) is 0 Å². The highest BCUT2D eigenvalue weighted by atomic mass is 35.5. The van der Waals surface area contributed by atoms with Crippen molar-refractivity contribution in [1.29, 1.82) is 0 Å². The molecule has 7 nitrogen and oxygen atoms in total. The third kappa shape index (κ3) is 5.99. The van der Waals surface area contributed by atoms with Gasteiger partial charge in [-0.05, 0) is 74.3 Å². The van der Waals surface area contributed by atoms with E-state index in [4.69, 9.17) is 21.5 Å². The molecule has 2 aromatic carbocycles. The Kier molecular flexibility index (Phi) is 7.65. The minimum absolute atomic E-state index is 0.0794. The van der Waals surface area contributed by atoms with Crippen LogP contribution in [0.4, 0.5) is 17.6 Å². The van der Waals surface area contributed by atoms with Gasteiger partial charge in [-0.25, -0.2) is 9.18 Å². The summed E-state index contributed by atoms with van der Waals surface area (Å²) in [7, 11) is 0. The van der Waals surface area contributed by atoms with Crippen molar-refractivity contribution in [3.05, 3.63) is 81.1 Å². The van der Waals surface area contributed by atoms with Crippen molar-refractivity contribution in [1.82, 2.24) is 19.7 Å². The van der Waals surface area contributed by atoms with Crippen molar-refractivity contribution < 1.29 is 27.5 Å². The van der Waals surface area contributed by atoms with Gasteiger partial charge >= 0.3 is 12.1 Å². The summed E-state index contributed by atoms with van der Waals surface area (Å²) in [5.41, 5.74) is 1.93. The lowest BCUT2D eigenvalue weighted by atomic mass is 9.76. The number of piperidine rings is 1. The second kappa shape index (κ2) is 10.6. The molecule has 0 atom stereocenters. The number of halogens is 5. The van der Waals surface area contributed by atoms with Crippen molar-refractivity contribution in [2.45, 2.75) is 43.9 Å². The average molecular weight is 539 g/mol. The van der Waals surface area contributed by atoms with Crippen molar-refractivity contribution in [3.63, 3.8) is 0 Å². The Morgan fingerprint density at radius 2 is 1.54 bits per heavy atom. The van der Waals surface area contributed by atoms with Crippen LogP contribution >= 0.6 is 11.6 Å². The molecule has 3 heterocycles. The topological polar surface area (TPSA) is 88.3 Å². The second-order valence-corrected chi connectivity index (χ2v) is 9.51. The number of alkyl halides is 3. The molecule has 0 aliphatic carbocycles. The molecule has 0 bridgehead atoms. The number of carboxylic acids is 1. The Morgan fingerprint density at radius 3 is 2.11 bits per heavy atom. The van der Waals surface area contributed by atoms with Gasteiger partial charge in [-0.3, -0.25) is 14.3 Å². The molecule has 1 aromatic heterocycles. The molecule has 0 radical (unpaired) electrons. The van der Waals surface area contributed by atoms with Gasteiger partial charge in [-0.1, -0.05) is 23.7 Å². The fraction of sp³-hybridized carbons (Fsp3) is 0.360. The fourth-order valence-corrected chi connectivity index (χ4v) is 4.83. The summed E-state index contributed by atoms with van der Waals surface area (Å²) in [6, 6.07) is 13.8. The van der Waals surface area contributed by atoms with E-state index in [0.29, 0.717) is 12.1 Å². The number of likely N-dealkylation sites (tertiary alicyclic amines) is 1. The van der Waals surface area contributed by atoms with Crippen molar-refractivity contribution in [2.75, 3.05) is 13.1 Å². The number of fused-ring (bicyclic) bond motifs is 2. The normalized spacial score (nSPS) is 16.7. The molecule has 1 N–H and O–H groups in total. The molecule has 0 saturated carbocycles. The predicted molar refractivity (Wildman–Crippen MR) is 128 cm³/mol. The minimum Gasteiger partial charge on any atom is -0.475 e. The number of hydrogen-bond donors (Lipinski definition) is 1. The predicted octanol–water partition coefficient (Wildman–Crippen LogP) is 4.67. The lowest BCUT2D eigenvalue weighted by Crippen LogP contribution is -2.42. The molecule has 5 rings (SSSR count). The minimum atomic E-state index is -5.08. The van der Waals surface area contributed by atoms with Crippen LogP contribution in [0.2, 0.25) is 5.02 Å². The third-order valence-electron chi connectivity index (χ3n) is 6.73. The third-order valence-corrected chi connectivity index (χ3v) is 6.98. The van der Waals surface area contributed by atoms with Crippen LogP contribution in [0.3, 0.4) is 0 Å². The van der Waals surface area contributed by atoms with E-state index in [-0.39, 0.29) is 22.5 Å². The highest BCUT2D eigenvalue weighted by Gasteiger charge is 2.44. The van der Waals surface area contributed by atoms with Crippen LogP contribution in [0.15, 0.2) is 53.3 Å². The number of carbonyl (C=O) groups is 1. The number of rotatable bonds is 3. The van der Waals surface area contributed by atoms with Crippen LogP contribution in [0, 0.1) is 5.82 Å². The molecular weight excluding hydrogens is 516 g/mol. The summed E-state index contributed by atoms with van der Waals surface area (Å²) in [5, 5.41) is 16.6. The number of nitrogens with zero attached hydrogens (tertiary/aromatic N) is 4. The van der Waals surface area contributed by atoms with Crippen molar-refractivity contribution in [2.24, 2.45) is 0 Å². The Morgan fingerprint density at radius 1 is 0.973 bits per heavy atom. The quantitative estimate of drug-likeness (QED) is 0.488. The smallest absolute Gasteiger partial charge is 0.475 e. The first-order valence-corrected chi connectivity index (χ1v) is 11.9. The molecule has 37 heavy (non-hydrogen) atoms. The van der Waals surface area contributed by atoms with Gasteiger partial charge < -0.3 is 5.11 Å². The standard InChI is InChI=1S/C23H22ClFN4O.C2HF3O2/c24-18-5-1-16(2-6-18)15-28-12-9-23(10-13-28)11-14-29-21(30)20(26-27-22(23)29)17-3-7-19(25)8-4-17;3-2(4,5)1(6)7/h1-8H,9-15H2;(H,6,7). The first-order chi connectivity index (χ1) is 17.5. The lowest BCUT2D eigenvalue weighted by molar-refractivity contribution is -0.192. The van der Waals surface area contributed by atoms with Crippen molar-refractivity contribution >= 4 is 17.6 Å². The molecular formula is C25H23ClF4N4O3. The van der Waals surface area contributed by atoms with E-state index in [9.17, 15) is 22.4 Å². The van der Waals surface area contributed by atoms with Crippen molar-refractivity contribution in [3.8, 4) is 11.3 Å². The first kappa shape index (κ1) is 26.7. The summed E-state index contributed by atoms with van der Waals surface area (Å²) < 4.78 is 46.7. The summed E-state index contributed by atoms with van der Waals surface area (Å²) in [5.74, 6) is -2.28. The van der Waals surface area contributed by atoms with Gasteiger partial charge in [0, 0.05) is 29.1 Å². The maximum atomic E-state index is 13.2. The molecule has 12 heteroatoms. The second-order valence-electron chi connectivity index (χ2n) is 9.07. The fourth-order valence-electron chi connectivity index (χ4n) is 4.71. The van der Waals surface area contributed by atoms with Gasteiger partial charge in [0.1, 0.15) is 11.6 Å². The van der Waals surface area contributed by atoms with Gasteiger partial charge in [0.15, 0.2) is 5.69 Å². The zero-order valence-corrected chi connectivity index (χ0v) is 20.3. The molecule has 1 saturated heterocycles. The van der Waals surface area contributed by atoms with E-state index >= 15 is 0 Å². The monoisotopic (exact) mass is 538 g/mol. The van der Waals surface area contributed by atoms with Gasteiger partial charge in [-0.2, -0.15) is 13.2 Å². The molecule has 2 aliphatic heterocycles. The molecule has 0 unspecified atom stereocenters. The summed E-state index contributed by atoms with van der Waals surface area (Å²) >= 11 is 5.98. The highest BCUT2D eigenvalue weighted by Crippen LogP contribution is 2.41. The highest BCUT2D eigenvalue weighted by molar-refractivity contribution is 6.30. The zero-order valence-electron chi connectivity index (χ0n) is 19.5. The number of carboxylic acid groups (broad SMARTS) is 1. The zero-order chi connectivity index (χ0) is 26.8. The van der Waals surface area contributed by atoms with Crippen LogP contribution in [0.5, 0.6) is 0 Å². The first-order valence-electron chi connectivity index (χ1n) is 11.5. The van der Waals surface area contributed by atoms with Gasteiger partial charge in [0.05, 0.1) is 0 Å². The summed E-state index contributed by atoms with van der Waals surface area (Å²) in [4.78, 5) is 24.4. The van der Waals surface area contributed by atoms with Crippen LogP contribution in [0.1, 0.15) is 30.7 Å². The summed E-state index contributed by atoms with van der Waals surface area (Å²) in [6.45, 7) is 3.47. The Bertz CT molecular complexity index is 1320. The van der Waals surface area contributed by atoms with E-state index in [1.54, 1.807) is 16.7 Å². The number of benzene rings is 2. The van der Waals surface area contributed by atoms with Gasteiger partial charge in [0.25, 0.3) is 5.56 Å². The maximum Gasteiger partial charge on any atom is 0.490 e. The lowest BCUT2D eigenvalue weighted by Gasteiger charge is -2.38. The molecule has 1 fully saturated rings. The Balaban J connectivity index is 0.000000405. The van der Waals surface area contributed by atoms with E-state index in [1.165, 1.54) is 17.7 Å². The molecule has 3 aromatic rings.